The van der Waals surface area contributed by atoms with E-state index in [2.05, 4.69) is 0 Å². The molecule has 0 aliphatic carbocycles. The van der Waals surface area contributed by atoms with Crippen LogP contribution in [0, 0.1) is 0 Å². The monoisotopic (exact) mass is 166 g/mol. The first-order chi connectivity index (χ1) is 5.22. The van der Waals surface area contributed by atoms with Crippen molar-refractivity contribution in [3.8, 4) is 0 Å². The van der Waals surface area contributed by atoms with Crippen molar-refractivity contribution in [2.45, 2.75) is 0 Å². The van der Waals surface area contributed by atoms with Crippen LogP contribution in [0.3, 0.4) is 0 Å². The zero-order valence-electron chi connectivity index (χ0n) is 5.29. The van der Waals surface area contributed by atoms with Gasteiger partial charge in [-0.1, -0.05) is 0 Å². The Hall–Kier alpha value is -1.29. The van der Waals surface area contributed by atoms with E-state index in [9.17, 15) is 14.4 Å². The normalized spacial score (nSPS) is 10.9. The maximum absolute atomic E-state index is 10.9. The molecule has 1 aromatic heterocycles. The molecule has 1 heterocycles. The fraction of sp³-hybridized carbons (Fsp3) is 0. The number of hydrogen-bond acceptors (Lipinski definition) is 4. The van der Waals surface area contributed by atoms with Crippen molar-refractivity contribution in [2.75, 3.05) is 0 Å². The molecule has 0 unspecified atom stereocenters. The van der Waals surface area contributed by atoms with Crippen molar-refractivity contribution in [2.24, 2.45) is 0 Å². The van der Waals surface area contributed by atoms with Crippen LogP contribution >= 0.6 is 11.3 Å². The molecule has 1 aromatic carbocycles. The molecule has 0 fully saturated rings. The molecule has 0 saturated carbocycles. The van der Waals surface area contributed by atoms with Gasteiger partial charge in [0.15, 0.2) is 0 Å². The van der Waals surface area contributed by atoms with Crippen LogP contribution in [0.5, 0.6) is 0 Å². The molecule has 3 nitrogen and oxygen atoms in total. The Labute approximate surface area is 64.2 Å². The van der Waals surface area contributed by atoms with Crippen molar-refractivity contribution in [3.05, 3.63) is 42.1 Å². The van der Waals surface area contributed by atoms with Crippen LogP contribution in [-0.2, 0) is 0 Å². The van der Waals surface area contributed by atoms with E-state index >= 15 is 0 Å². The predicted octanol–water partition coefficient (Wildman–Crippen LogP) is -0.143. The van der Waals surface area contributed by atoms with Gasteiger partial charge in [-0.2, -0.15) is 0 Å². The van der Waals surface area contributed by atoms with Crippen molar-refractivity contribution in [1.29, 1.82) is 0 Å². The molecular formula is C7H2O3S. The summed E-state index contributed by atoms with van der Waals surface area (Å²) in [7, 11) is 0. The maximum Gasteiger partial charge on any atom is 0.274 e. The van der Waals surface area contributed by atoms with Crippen molar-refractivity contribution in [3.63, 3.8) is 0 Å². The lowest BCUT2D eigenvalue weighted by atomic mass is 10.4. The van der Waals surface area contributed by atoms with Crippen LogP contribution in [0.25, 0.3) is 10.1 Å². The van der Waals surface area contributed by atoms with E-state index in [4.69, 9.17) is 0 Å². The first kappa shape index (κ1) is 6.42. The molecule has 4 heteroatoms. The molecule has 0 amide bonds. The van der Waals surface area contributed by atoms with Gasteiger partial charge in [-0.05, 0) is 11.4 Å². The maximum atomic E-state index is 10.9. The van der Waals surface area contributed by atoms with Crippen LogP contribution in [0.15, 0.2) is 25.8 Å². The fourth-order valence-corrected chi connectivity index (χ4v) is 1.82. The highest BCUT2D eigenvalue weighted by atomic mass is 32.1. The van der Waals surface area contributed by atoms with Gasteiger partial charge in [-0.25, -0.2) is 0 Å². The van der Waals surface area contributed by atoms with Crippen molar-refractivity contribution < 1.29 is 0 Å². The van der Waals surface area contributed by atoms with Crippen LogP contribution in [-0.4, -0.2) is 0 Å². The molecule has 11 heavy (non-hydrogen) atoms. The van der Waals surface area contributed by atoms with Crippen LogP contribution in [0.1, 0.15) is 0 Å². The van der Waals surface area contributed by atoms with E-state index in [0.29, 0.717) is 4.70 Å². The van der Waals surface area contributed by atoms with Gasteiger partial charge in [-0.15, -0.1) is 11.3 Å². The smallest absolute Gasteiger partial charge is 0.274 e. The SMILES string of the molecule is O=c1c(=O)c2ccsc2c1=O. The molecule has 0 aliphatic rings. The van der Waals surface area contributed by atoms with E-state index in [1.54, 1.807) is 5.38 Å². The average molecular weight is 166 g/mol. The highest BCUT2D eigenvalue weighted by Gasteiger charge is 2.11. The highest BCUT2D eigenvalue weighted by molar-refractivity contribution is 7.17. The lowest BCUT2D eigenvalue weighted by Crippen LogP contribution is -2.29. The lowest BCUT2D eigenvalue weighted by molar-refractivity contribution is 1.56. The van der Waals surface area contributed by atoms with Crippen LogP contribution in [0.4, 0.5) is 0 Å². The van der Waals surface area contributed by atoms with Crippen LogP contribution in [0.2, 0.25) is 0 Å². The Bertz CT molecular complexity index is 497. The molecule has 0 N–H and O–H groups in total. The summed E-state index contributed by atoms with van der Waals surface area (Å²) in [5.74, 6) is 0. The van der Waals surface area contributed by atoms with E-state index in [-0.39, 0.29) is 5.39 Å². The first-order valence-electron chi connectivity index (χ1n) is 2.92. The topological polar surface area (TPSA) is 51.2 Å². The minimum atomic E-state index is -0.896. The largest absolute Gasteiger partial charge is 0.285 e. The summed E-state index contributed by atoms with van der Waals surface area (Å²) in [5, 5.41) is 1.90. The van der Waals surface area contributed by atoms with Gasteiger partial charge >= 0.3 is 0 Å². The third kappa shape index (κ3) is 0.642. The molecule has 0 saturated heterocycles. The third-order valence-corrected chi connectivity index (χ3v) is 2.44. The standard InChI is InChI=1S/C7H2O3S/c8-4-3-1-2-11-7(3)6(10)5(4)9/h1-2H. The number of rotatable bonds is 0. The second kappa shape index (κ2) is 1.85. The number of hydrogen-bond donors (Lipinski definition) is 0. The van der Waals surface area contributed by atoms with Gasteiger partial charge < -0.3 is 0 Å². The Morgan fingerprint density at radius 2 is 1.73 bits per heavy atom. The molecule has 0 atom stereocenters. The quantitative estimate of drug-likeness (QED) is 0.512. The summed E-state index contributed by atoms with van der Waals surface area (Å²) in [6.07, 6.45) is 0. The Balaban J connectivity index is 3.40. The van der Waals surface area contributed by atoms with E-state index in [0.717, 1.165) is 11.3 Å². The first-order valence-corrected chi connectivity index (χ1v) is 3.80. The summed E-state index contributed by atoms with van der Waals surface area (Å²) in [4.78, 5) is 32.5. The highest BCUT2D eigenvalue weighted by Crippen LogP contribution is 2.10. The predicted molar refractivity (Wildman–Crippen MR) is 43.0 cm³/mol. The van der Waals surface area contributed by atoms with E-state index < -0.39 is 16.3 Å². The Kier molecular flexibility index (Phi) is 1.08. The Morgan fingerprint density at radius 3 is 2.36 bits per heavy atom. The van der Waals surface area contributed by atoms with Gasteiger partial charge in [0.2, 0.25) is 10.9 Å². The zero-order valence-corrected chi connectivity index (χ0v) is 6.10. The molecule has 0 bridgehead atoms. The second-order valence-electron chi connectivity index (χ2n) is 2.15. The number of thiophene rings is 1. The molecule has 2 aromatic rings. The number of fused-ring (bicyclic) bond motifs is 1. The zero-order chi connectivity index (χ0) is 8.01. The van der Waals surface area contributed by atoms with Crippen molar-refractivity contribution >= 4 is 21.4 Å². The third-order valence-electron chi connectivity index (χ3n) is 1.53. The van der Waals surface area contributed by atoms with Gasteiger partial charge in [0.25, 0.3) is 5.43 Å². The summed E-state index contributed by atoms with van der Waals surface area (Å²) in [6, 6.07) is 1.51. The van der Waals surface area contributed by atoms with E-state index in [1.807, 2.05) is 0 Å². The molecule has 0 radical (unpaired) electrons. The minimum Gasteiger partial charge on any atom is -0.285 e. The van der Waals surface area contributed by atoms with Crippen LogP contribution < -0.4 is 16.3 Å². The Morgan fingerprint density at radius 1 is 1.00 bits per heavy atom. The summed E-state index contributed by atoms with van der Waals surface area (Å²) < 4.78 is 0.292. The average Bonchev–Trinajstić information content (AvgIpc) is 2.53. The molecular weight excluding hydrogens is 164 g/mol. The van der Waals surface area contributed by atoms with Gasteiger partial charge in [0.05, 0.1) is 4.70 Å². The van der Waals surface area contributed by atoms with E-state index in [1.165, 1.54) is 6.07 Å². The lowest BCUT2D eigenvalue weighted by Gasteiger charge is -1.63. The molecule has 0 aliphatic heterocycles. The van der Waals surface area contributed by atoms with Gasteiger partial charge in [-0.3, -0.25) is 14.4 Å². The van der Waals surface area contributed by atoms with Gasteiger partial charge in [0, 0.05) is 5.39 Å². The molecule has 0 spiro atoms. The fourth-order valence-electron chi connectivity index (χ4n) is 0.992. The van der Waals surface area contributed by atoms with Crippen molar-refractivity contribution in [1.82, 2.24) is 0 Å². The van der Waals surface area contributed by atoms with Gasteiger partial charge in [0.1, 0.15) is 0 Å². The second-order valence-corrected chi connectivity index (χ2v) is 3.07. The summed E-state index contributed by atoms with van der Waals surface area (Å²) in [6.45, 7) is 0. The molecule has 2 rings (SSSR count). The summed E-state index contributed by atoms with van der Waals surface area (Å²) >= 11 is 1.14. The molecule has 54 valence electrons. The summed E-state index contributed by atoms with van der Waals surface area (Å²) in [5.41, 5.74) is -2.21. The minimum absolute atomic E-state index is 0.269.